The quantitative estimate of drug-likeness (QED) is 0.121. The fourth-order valence-electron chi connectivity index (χ4n) is 13.9. The van der Waals surface area contributed by atoms with Gasteiger partial charge < -0.3 is 23.1 Å². The summed E-state index contributed by atoms with van der Waals surface area (Å²) in [4.78, 5) is 14.7. The van der Waals surface area contributed by atoms with Crippen LogP contribution in [0.2, 0.25) is 0 Å². The number of hydrogen-bond donors (Lipinski definition) is 0. The molecule has 0 unspecified atom stereocenters. The lowest BCUT2D eigenvalue weighted by Crippen LogP contribution is -2.09. The minimum absolute atomic E-state index is 0.583. The van der Waals surface area contributed by atoms with Gasteiger partial charge >= 0.3 is 0 Å². The molecule has 19 aromatic rings. The monoisotopic (exact) mass is 1250 g/mol. The van der Waals surface area contributed by atoms with E-state index in [4.69, 9.17) is 23.2 Å². The SMILES string of the molecule is c1ccc(-c2nc3ccc4cc(-c5ccc(N(c6ccc(-c7cccc(-c8cccc(-c9nc%10c(ccc%11cc(-c%12ccc(N(c%13ccccc%13)c%13ccc%14sc%15ccccc%15c%14c%13)cc%12)ccc%11%10)o9)c8)c7)cc6)c6ccc7oc8ccccc8c7c6)cc5)ccc4c3o2)cc1. The molecular formula is C88H54N4O3S. The molecule has 19 rings (SSSR count). The van der Waals surface area contributed by atoms with Crippen molar-refractivity contribution in [3.63, 3.8) is 0 Å². The Labute approximate surface area is 555 Å². The maximum Gasteiger partial charge on any atom is 0.227 e. The third-order valence-electron chi connectivity index (χ3n) is 18.7. The van der Waals surface area contributed by atoms with Crippen LogP contribution in [0.15, 0.2) is 341 Å². The van der Waals surface area contributed by atoms with Gasteiger partial charge in [0.25, 0.3) is 0 Å². The molecule has 7 nitrogen and oxygen atoms in total. The minimum Gasteiger partial charge on any atom is -0.456 e. The van der Waals surface area contributed by atoms with Gasteiger partial charge in [0.1, 0.15) is 22.2 Å². The number of rotatable bonds is 12. The van der Waals surface area contributed by atoms with Crippen LogP contribution in [0.1, 0.15) is 0 Å². The molecular weight excluding hydrogens is 1190 g/mol. The smallest absolute Gasteiger partial charge is 0.227 e. The van der Waals surface area contributed by atoms with E-state index in [9.17, 15) is 0 Å². The second-order valence-corrected chi connectivity index (χ2v) is 25.6. The van der Waals surface area contributed by atoms with E-state index in [0.29, 0.717) is 11.8 Å². The average Bonchev–Trinajstić information content (AvgIpc) is 1.41. The Morgan fingerprint density at radius 2 is 0.708 bits per heavy atom. The Bertz CT molecular complexity index is 6210. The average molecular weight is 1250 g/mol. The third-order valence-corrected chi connectivity index (χ3v) is 19.9. The van der Waals surface area contributed by atoms with E-state index in [0.717, 1.165) is 155 Å². The number of para-hydroxylation sites is 2. The maximum absolute atomic E-state index is 6.57. The van der Waals surface area contributed by atoms with Crippen molar-refractivity contribution in [1.82, 2.24) is 9.97 Å². The second-order valence-electron chi connectivity index (χ2n) is 24.5. The molecule has 0 saturated carbocycles. The number of oxazole rings is 2. The number of fused-ring (bicyclic) bond motifs is 12. The number of aromatic nitrogens is 2. The van der Waals surface area contributed by atoms with E-state index in [-0.39, 0.29) is 0 Å². The molecule has 4 heterocycles. The topological polar surface area (TPSA) is 71.7 Å². The number of furan rings is 1. The molecule has 0 amide bonds. The van der Waals surface area contributed by atoms with E-state index in [1.165, 1.54) is 20.2 Å². The number of benzene rings is 15. The molecule has 0 saturated heterocycles. The summed E-state index contributed by atoms with van der Waals surface area (Å²) in [6.45, 7) is 0. The zero-order chi connectivity index (χ0) is 63.2. The van der Waals surface area contributed by atoms with Crippen molar-refractivity contribution in [2.75, 3.05) is 9.80 Å². The highest BCUT2D eigenvalue weighted by atomic mass is 32.1. The van der Waals surface area contributed by atoms with Crippen molar-refractivity contribution in [2.24, 2.45) is 0 Å². The van der Waals surface area contributed by atoms with Crippen molar-refractivity contribution in [2.45, 2.75) is 0 Å². The number of thiophene rings is 1. The molecule has 0 aliphatic carbocycles. The molecule has 0 radical (unpaired) electrons. The molecule has 450 valence electrons. The molecule has 0 fully saturated rings. The Hall–Kier alpha value is -12.6. The van der Waals surface area contributed by atoms with Gasteiger partial charge in [-0.2, -0.15) is 0 Å². The fraction of sp³-hybridized carbons (Fsp3) is 0. The maximum atomic E-state index is 6.57. The second kappa shape index (κ2) is 22.6. The summed E-state index contributed by atoms with van der Waals surface area (Å²) in [5.41, 5.74) is 22.1. The first kappa shape index (κ1) is 55.1. The summed E-state index contributed by atoms with van der Waals surface area (Å²) in [6.07, 6.45) is 0. The molecule has 0 aliphatic rings. The van der Waals surface area contributed by atoms with Gasteiger partial charge in [-0.25, -0.2) is 9.97 Å². The first-order chi connectivity index (χ1) is 47.5. The summed E-state index contributed by atoms with van der Waals surface area (Å²) < 4.78 is 21.9. The number of hydrogen-bond acceptors (Lipinski definition) is 8. The zero-order valence-corrected chi connectivity index (χ0v) is 52.4. The first-order valence-corrected chi connectivity index (χ1v) is 33.0. The standard InChI is InChI=1S/C88H54N4O3S/c1-3-13-58(14-4-1)87-89-79-45-33-65-51-63(32-44-74(65)86(79)95-87)57-29-39-70(40-30-57)92(71-41-47-81-77(53-71)75-21-7-9-23-80(75)93-81)69-35-25-55(26-36-69)59-15-11-16-60(49-59)61-17-12-18-66(52-61)88-90-85-73-43-31-62(50-64(73)34-46-82(85)94-88)56-27-37-68(38-28-56)91(67-19-5-2-6-20-67)72-42-48-84-78(54-72)76-22-8-10-24-83(76)96-84/h1-54H. The highest BCUT2D eigenvalue weighted by Gasteiger charge is 2.21. The predicted octanol–water partition coefficient (Wildman–Crippen LogP) is 25.5. The molecule has 0 N–H and O–H groups in total. The van der Waals surface area contributed by atoms with Crippen LogP contribution in [-0.4, -0.2) is 9.97 Å². The van der Waals surface area contributed by atoms with Crippen LogP contribution >= 0.6 is 11.3 Å². The lowest BCUT2D eigenvalue weighted by Gasteiger charge is -2.26. The summed E-state index contributed by atoms with van der Waals surface area (Å²) >= 11 is 1.84. The molecule has 0 atom stereocenters. The van der Waals surface area contributed by atoms with Gasteiger partial charge in [-0.3, -0.25) is 0 Å². The fourth-order valence-corrected chi connectivity index (χ4v) is 15.0. The lowest BCUT2D eigenvalue weighted by atomic mass is 9.97. The zero-order valence-electron chi connectivity index (χ0n) is 51.6. The van der Waals surface area contributed by atoms with Gasteiger partial charge in [0.05, 0.1) is 0 Å². The first-order valence-electron chi connectivity index (χ1n) is 32.2. The van der Waals surface area contributed by atoms with Crippen molar-refractivity contribution < 1.29 is 13.3 Å². The van der Waals surface area contributed by atoms with Crippen molar-refractivity contribution >= 4 is 131 Å². The highest BCUT2D eigenvalue weighted by Crippen LogP contribution is 2.45. The summed E-state index contributed by atoms with van der Waals surface area (Å²) in [5.74, 6) is 1.21. The molecule has 0 aliphatic heterocycles. The molecule has 15 aromatic carbocycles. The van der Waals surface area contributed by atoms with Crippen molar-refractivity contribution in [3.05, 3.63) is 328 Å². The predicted molar refractivity (Wildman–Crippen MR) is 399 cm³/mol. The summed E-state index contributed by atoms with van der Waals surface area (Å²) in [5, 5.41) is 8.98. The molecule has 4 aromatic heterocycles. The summed E-state index contributed by atoms with van der Waals surface area (Å²) in [6, 6.07) is 116. The largest absolute Gasteiger partial charge is 0.456 e. The molecule has 96 heavy (non-hydrogen) atoms. The summed E-state index contributed by atoms with van der Waals surface area (Å²) in [7, 11) is 0. The van der Waals surface area contributed by atoms with E-state index in [2.05, 4.69) is 283 Å². The van der Waals surface area contributed by atoms with Crippen molar-refractivity contribution in [3.8, 4) is 67.4 Å². The van der Waals surface area contributed by atoms with E-state index < -0.39 is 0 Å². The van der Waals surface area contributed by atoms with Gasteiger partial charge in [0, 0.05) is 87.0 Å². The van der Waals surface area contributed by atoms with Crippen LogP contribution in [-0.2, 0) is 0 Å². The normalized spacial score (nSPS) is 11.8. The molecule has 0 spiro atoms. The van der Waals surface area contributed by atoms with Gasteiger partial charge in [0.15, 0.2) is 11.2 Å². The van der Waals surface area contributed by atoms with E-state index in [1.54, 1.807) is 0 Å². The Balaban J connectivity index is 0.593. The van der Waals surface area contributed by atoms with E-state index >= 15 is 0 Å². The van der Waals surface area contributed by atoms with Crippen LogP contribution in [0, 0.1) is 0 Å². The van der Waals surface area contributed by atoms with Crippen molar-refractivity contribution in [1.29, 1.82) is 0 Å². The van der Waals surface area contributed by atoms with Gasteiger partial charge in [-0.1, -0.05) is 170 Å². The molecule has 8 heteroatoms. The van der Waals surface area contributed by atoms with Gasteiger partial charge in [-0.15, -0.1) is 11.3 Å². The Morgan fingerprint density at radius 3 is 1.41 bits per heavy atom. The Kier molecular flexibility index (Phi) is 13.0. The molecule has 0 bridgehead atoms. The number of anilines is 6. The number of nitrogens with zero attached hydrogens (tertiary/aromatic N) is 4. The van der Waals surface area contributed by atoms with Crippen LogP contribution < -0.4 is 9.80 Å². The van der Waals surface area contributed by atoms with Crippen LogP contribution in [0.5, 0.6) is 0 Å². The highest BCUT2D eigenvalue weighted by molar-refractivity contribution is 7.25. The van der Waals surface area contributed by atoms with Crippen LogP contribution in [0.4, 0.5) is 34.1 Å². The van der Waals surface area contributed by atoms with Crippen LogP contribution in [0.25, 0.3) is 153 Å². The minimum atomic E-state index is 0.583. The third kappa shape index (κ3) is 9.65. The van der Waals surface area contributed by atoms with Crippen LogP contribution in [0.3, 0.4) is 0 Å². The van der Waals surface area contributed by atoms with Gasteiger partial charge in [0.2, 0.25) is 11.8 Å². The van der Waals surface area contributed by atoms with E-state index in [1.807, 2.05) is 65.9 Å². The lowest BCUT2D eigenvalue weighted by molar-refractivity contribution is 0.620. The Morgan fingerprint density at radius 1 is 0.240 bits per heavy atom. The van der Waals surface area contributed by atoms with Gasteiger partial charge in [-0.05, 0) is 213 Å².